The van der Waals surface area contributed by atoms with Crippen molar-refractivity contribution in [1.82, 2.24) is 0 Å². The molecule has 0 bridgehead atoms. The van der Waals surface area contributed by atoms with Crippen molar-refractivity contribution in [1.29, 1.82) is 5.26 Å². The molecule has 0 amide bonds. The van der Waals surface area contributed by atoms with Crippen LogP contribution in [-0.4, -0.2) is 0 Å². The van der Waals surface area contributed by atoms with Crippen molar-refractivity contribution in [2.75, 3.05) is 0 Å². The Balaban J connectivity index is 2.09. The van der Waals surface area contributed by atoms with Crippen LogP contribution in [0.3, 0.4) is 0 Å². The van der Waals surface area contributed by atoms with Crippen molar-refractivity contribution in [2.24, 2.45) is 0 Å². The Hall–Kier alpha value is -2.48. The third-order valence-corrected chi connectivity index (χ3v) is 2.62. The molecule has 2 nitrogen and oxygen atoms in total. The van der Waals surface area contributed by atoms with Crippen LogP contribution in [-0.2, 0) is 12.8 Å². The zero-order chi connectivity index (χ0) is 14.6. The fraction of sp³-hybridized carbons (Fsp3) is 0.133. The quantitative estimate of drug-likeness (QED) is 0.844. The number of nitriles is 1. The molecular weight excluding hydrogens is 267 g/mol. The lowest BCUT2D eigenvalue weighted by molar-refractivity contribution is -0.137. The van der Waals surface area contributed by atoms with E-state index in [1.165, 1.54) is 12.1 Å². The summed E-state index contributed by atoms with van der Waals surface area (Å²) in [7, 11) is 0. The van der Waals surface area contributed by atoms with Crippen LogP contribution in [0, 0.1) is 11.3 Å². The summed E-state index contributed by atoms with van der Waals surface area (Å²) in [5, 5.41) is 8.76. The van der Waals surface area contributed by atoms with Crippen molar-refractivity contribution in [2.45, 2.75) is 12.8 Å². The van der Waals surface area contributed by atoms with Crippen LogP contribution in [0.25, 0.3) is 0 Å². The lowest BCUT2D eigenvalue weighted by Crippen LogP contribution is -2.05. The largest absolute Gasteiger partial charge is 0.489 e. The average Bonchev–Trinajstić information content (AvgIpc) is 2.45. The first-order valence-electron chi connectivity index (χ1n) is 5.78. The van der Waals surface area contributed by atoms with E-state index in [1.807, 2.05) is 6.07 Å². The van der Waals surface area contributed by atoms with Gasteiger partial charge in [0.05, 0.1) is 17.2 Å². The predicted octanol–water partition coefficient (Wildman–Crippen LogP) is 4.16. The second-order valence-electron chi connectivity index (χ2n) is 4.13. The molecule has 0 aliphatic rings. The van der Waals surface area contributed by atoms with Crippen LogP contribution in [0.2, 0.25) is 0 Å². The summed E-state index contributed by atoms with van der Waals surface area (Å²) >= 11 is 0. The molecule has 2 rings (SSSR count). The number of alkyl halides is 3. The second kappa shape index (κ2) is 5.66. The molecule has 0 fully saturated rings. The summed E-state index contributed by atoms with van der Waals surface area (Å²) < 4.78 is 42.9. The first-order chi connectivity index (χ1) is 9.49. The summed E-state index contributed by atoms with van der Waals surface area (Å²) in [5.41, 5.74) is 0.456. The van der Waals surface area contributed by atoms with Crippen LogP contribution in [0.4, 0.5) is 13.2 Å². The van der Waals surface area contributed by atoms with E-state index in [9.17, 15) is 13.2 Å². The fourth-order valence-electron chi connectivity index (χ4n) is 1.66. The molecule has 102 valence electrons. The van der Waals surface area contributed by atoms with E-state index >= 15 is 0 Å². The molecule has 2 aromatic carbocycles. The van der Waals surface area contributed by atoms with E-state index in [0.717, 1.165) is 17.7 Å². The molecule has 2 aromatic rings. The molecule has 0 spiro atoms. The molecule has 0 N–H and O–H groups in total. The molecule has 0 radical (unpaired) electrons. The van der Waals surface area contributed by atoms with Gasteiger partial charge in [0.2, 0.25) is 0 Å². The molecule has 0 saturated heterocycles. The number of halogens is 3. The SMILES string of the molecule is N#Cc1cccc(COc2cccc(C(F)(F)F)c2)c1. The van der Waals surface area contributed by atoms with Crippen molar-refractivity contribution in [3.63, 3.8) is 0 Å². The highest BCUT2D eigenvalue weighted by Gasteiger charge is 2.30. The highest BCUT2D eigenvalue weighted by Crippen LogP contribution is 2.31. The lowest BCUT2D eigenvalue weighted by atomic mass is 10.1. The molecule has 5 heteroatoms. The van der Waals surface area contributed by atoms with Gasteiger partial charge in [0.25, 0.3) is 0 Å². The highest BCUT2D eigenvalue weighted by atomic mass is 19.4. The van der Waals surface area contributed by atoms with Crippen molar-refractivity contribution in [3.05, 3.63) is 65.2 Å². The third kappa shape index (κ3) is 3.51. The number of hydrogen-bond acceptors (Lipinski definition) is 2. The summed E-state index contributed by atoms with van der Waals surface area (Å²) in [6, 6.07) is 13.4. The molecular formula is C15H10F3NO. The van der Waals surface area contributed by atoms with Crippen molar-refractivity contribution < 1.29 is 17.9 Å². The van der Waals surface area contributed by atoms with E-state index in [2.05, 4.69) is 0 Å². The Bertz CT molecular complexity index is 644. The molecule has 0 aliphatic heterocycles. The van der Waals surface area contributed by atoms with E-state index in [1.54, 1.807) is 24.3 Å². The summed E-state index contributed by atoms with van der Waals surface area (Å²) in [6.07, 6.45) is -4.39. The van der Waals surface area contributed by atoms with Crippen LogP contribution >= 0.6 is 0 Å². The van der Waals surface area contributed by atoms with Crippen molar-refractivity contribution >= 4 is 0 Å². The van der Waals surface area contributed by atoms with Gasteiger partial charge in [0.15, 0.2) is 0 Å². The Kier molecular flexibility index (Phi) is 3.94. The Labute approximate surface area is 114 Å². The van der Waals surface area contributed by atoms with E-state index < -0.39 is 11.7 Å². The fourth-order valence-corrected chi connectivity index (χ4v) is 1.66. The highest BCUT2D eigenvalue weighted by molar-refractivity contribution is 5.33. The number of hydrogen-bond donors (Lipinski definition) is 0. The van der Waals surface area contributed by atoms with Gasteiger partial charge >= 0.3 is 6.18 Å². The van der Waals surface area contributed by atoms with E-state index in [-0.39, 0.29) is 12.4 Å². The van der Waals surface area contributed by atoms with Gasteiger partial charge in [-0.3, -0.25) is 0 Å². The molecule has 0 aliphatic carbocycles. The molecule has 0 heterocycles. The van der Waals surface area contributed by atoms with E-state index in [0.29, 0.717) is 5.56 Å². The zero-order valence-electron chi connectivity index (χ0n) is 10.3. The Morgan fingerprint density at radius 2 is 1.80 bits per heavy atom. The summed E-state index contributed by atoms with van der Waals surface area (Å²) in [4.78, 5) is 0. The molecule has 20 heavy (non-hydrogen) atoms. The molecule has 0 saturated carbocycles. The number of rotatable bonds is 3. The molecule has 0 atom stereocenters. The predicted molar refractivity (Wildman–Crippen MR) is 66.9 cm³/mol. The molecule has 0 aromatic heterocycles. The summed E-state index contributed by atoms with van der Waals surface area (Å²) in [5.74, 6) is 0.141. The standard InChI is InChI=1S/C15H10F3NO/c16-15(17,18)13-5-2-6-14(8-13)20-10-12-4-1-3-11(7-12)9-19/h1-8H,10H2. The minimum atomic E-state index is -4.39. The van der Waals surface area contributed by atoms with Gasteiger partial charge in [-0.25, -0.2) is 0 Å². The van der Waals surface area contributed by atoms with Gasteiger partial charge in [-0.15, -0.1) is 0 Å². The number of nitrogens with zero attached hydrogens (tertiary/aromatic N) is 1. The lowest BCUT2D eigenvalue weighted by Gasteiger charge is -2.10. The monoisotopic (exact) mass is 277 g/mol. The topological polar surface area (TPSA) is 33.0 Å². The van der Waals surface area contributed by atoms with Gasteiger partial charge in [-0.2, -0.15) is 18.4 Å². The van der Waals surface area contributed by atoms with Gasteiger partial charge in [-0.1, -0.05) is 18.2 Å². The van der Waals surface area contributed by atoms with Gasteiger partial charge in [0.1, 0.15) is 12.4 Å². The van der Waals surface area contributed by atoms with Gasteiger partial charge in [-0.05, 0) is 35.9 Å². The maximum atomic E-state index is 12.5. The van der Waals surface area contributed by atoms with Crippen LogP contribution in [0.15, 0.2) is 48.5 Å². The normalized spacial score (nSPS) is 10.9. The van der Waals surface area contributed by atoms with Gasteiger partial charge in [0, 0.05) is 0 Å². The van der Waals surface area contributed by atoms with Crippen LogP contribution in [0.5, 0.6) is 5.75 Å². The minimum Gasteiger partial charge on any atom is -0.489 e. The zero-order valence-corrected chi connectivity index (χ0v) is 10.3. The number of benzene rings is 2. The second-order valence-corrected chi connectivity index (χ2v) is 4.13. The maximum absolute atomic E-state index is 12.5. The van der Waals surface area contributed by atoms with Gasteiger partial charge < -0.3 is 4.74 Å². The van der Waals surface area contributed by atoms with Crippen LogP contribution < -0.4 is 4.74 Å². The van der Waals surface area contributed by atoms with E-state index in [4.69, 9.17) is 10.00 Å². The Morgan fingerprint density at radius 1 is 1.05 bits per heavy atom. The number of ether oxygens (including phenoxy) is 1. The first kappa shape index (κ1) is 13.9. The maximum Gasteiger partial charge on any atom is 0.416 e. The summed E-state index contributed by atoms with van der Waals surface area (Å²) in [6.45, 7) is 0.108. The van der Waals surface area contributed by atoms with Crippen molar-refractivity contribution in [3.8, 4) is 11.8 Å². The third-order valence-electron chi connectivity index (χ3n) is 2.62. The molecule has 0 unspecified atom stereocenters. The smallest absolute Gasteiger partial charge is 0.416 e. The average molecular weight is 277 g/mol. The first-order valence-corrected chi connectivity index (χ1v) is 5.78. The Morgan fingerprint density at radius 3 is 2.50 bits per heavy atom. The minimum absolute atomic E-state index is 0.108. The van der Waals surface area contributed by atoms with Crippen LogP contribution in [0.1, 0.15) is 16.7 Å².